The Labute approximate surface area is 173 Å². The molecule has 1 aliphatic rings. The molecule has 148 valence electrons. The number of carbonyl (C=O) groups excluding carboxylic acids is 1. The van der Waals surface area contributed by atoms with Gasteiger partial charge in [-0.3, -0.25) is 9.69 Å². The zero-order valence-electron chi connectivity index (χ0n) is 15.1. The third-order valence-corrected chi connectivity index (χ3v) is 5.12. The predicted octanol–water partition coefficient (Wildman–Crippen LogP) is 3.41. The summed E-state index contributed by atoms with van der Waals surface area (Å²) in [6.07, 6.45) is 0. The highest BCUT2D eigenvalue weighted by molar-refractivity contribution is 6.32. The number of ether oxygens (including phenoxy) is 1. The molecule has 8 heteroatoms. The van der Waals surface area contributed by atoms with Crippen molar-refractivity contribution in [1.29, 1.82) is 0 Å². The highest BCUT2D eigenvalue weighted by atomic mass is 35.5. The minimum absolute atomic E-state index is 0.0699. The van der Waals surface area contributed by atoms with Gasteiger partial charge in [0.1, 0.15) is 5.75 Å². The first kappa shape index (κ1) is 20.5. The molecule has 0 saturated carbocycles. The van der Waals surface area contributed by atoms with Gasteiger partial charge >= 0.3 is 5.97 Å². The number of carbonyl (C=O) groups is 2. The summed E-state index contributed by atoms with van der Waals surface area (Å²) in [4.78, 5) is 27.4. The lowest BCUT2D eigenvalue weighted by atomic mass is 10.2. The molecule has 0 bridgehead atoms. The summed E-state index contributed by atoms with van der Waals surface area (Å²) in [6.45, 7) is 3.50. The summed E-state index contributed by atoms with van der Waals surface area (Å²) in [7, 11) is 0. The second kappa shape index (κ2) is 9.28. The van der Waals surface area contributed by atoms with Crippen molar-refractivity contribution < 1.29 is 19.4 Å². The van der Waals surface area contributed by atoms with Gasteiger partial charge in [0.2, 0.25) is 0 Å². The van der Waals surface area contributed by atoms with Crippen LogP contribution in [0.5, 0.6) is 5.75 Å². The Morgan fingerprint density at radius 1 is 1.00 bits per heavy atom. The topological polar surface area (TPSA) is 70.1 Å². The maximum absolute atomic E-state index is 12.4. The largest absolute Gasteiger partial charge is 0.482 e. The molecule has 0 aliphatic carbocycles. The van der Waals surface area contributed by atoms with Crippen molar-refractivity contribution in [2.75, 3.05) is 32.8 Å². The van der Waals surface area contributed by atoms with Crippen molar-refractivity contribution in [2.24, 2.45) is 0 Å². The van der Waals surface area contributed by atoms with Crippen LogP contribution in [0.25, 0.3) is 0 Å². The number of halogens is 2. The number of benzene rings is 2. The zero-order chi connectivity index (χ0) is 20.1. The summed E-state index contributed by atoms with van der Waals surface area (Å²) < 4.78 is 5.48. The van der Waals surface area contributed by atoms with Crippen LogP contribution in [0.15, 0.2) is 42.5 Å². The fourth-order valence-electron chi connectivity index (χ4n) is 2.99. The first-order valence-electron chi connectivity index (χ1n) is 8.82. The molecule has 1 heterocycles. The molecule has 1 amide bonds. The lowest BCUT2D eigenvalue weighted by molar-refractivity contribution is -0.135. The lowest BCUT2D eigenvalue weighted by Crippen LogP contribution is -2.49. The van der Waals surface area contributed by atoms with Gasteiger partial charge in [-0.2, -0.15) is 0 Å². The molecule has 3 rings (SSSR count). The van der Waals surface area contributed by atoms with Crippen LogP contribution >= 0.6 is 23.2 Å². The molecule has 0 atom stereocenters. The van der Waals surface area contributed by atoms with E-state index in [-0.39, 0.29) is 23.1 Å². The van der Waals surface area contributed by atoms with E-state index in [9.17, 15) is 9.59 Å². The van der Waals surface area contributed by atoms with Gasteiger partial charge in [-0.15, -0.1) is 0 Å². The van der Waals surface area contributed by atoms with Crippen molar-refractivity contribution in [3.05, 3.63) is 63.6 Å². The van der Waals surface area contributed by atoms with E-state index in [1.165, 1.54) is 23.8 Å². The highest BCUT2D eigenvalue weighted by Gasteiger charge is 2.21. The van der Waals surface area contributed by atoms with E-state index >= 15 is 0 Å². The van der Waals surface area contributed by atoms with Gasteiger partial charge in [-0.05, 0) is 35.9 Å². The van der Waals surface area contributed by atoms with Gasteiger partial charge in [0, 0.05) is 37.7 Å². The molecule has 0 radical (unpaired) electrons. The summed E-state index contributed by atoms with van der Waals surface area (Å²) in [5, 5.41) is 9.83. The molecule has 0 unspecified atom stereocenters. The Morgan fingerprint density at radius 2 is 1.68 bits per heavy atom. The second-order valence-corrected chi connectivity index (χ2v) is 7.37. The normalized spacial score (nSPS) is 14.7. The SMILES string of the molecule is O=C(O)c1ccc(OCC(=O)N2CCN(Cc3ccc(Cl)cc3)CC2)c(Cl)c1. The van der Waals surface area contributed by atoms with Crippen molar-refractivity contribution in [3.8, 4) is 5.75 Å². The first-order chi connectivity index (χ1) is 13.4. The van der Waals surface area contributed by atoms with Gasteiger partial charge in [-0.25, -0.2) is 4.79 Å². The van der Waals surface area contributed by atoms with Crippen molar-refractivity contribution in [1.82, 2.24) is 9.80 Å². The maximum Gasteiger partial charge on any atom is 0.335 e. The number of carboxylic acid groups (broad SMARTS) is 1. The van der Waals surface area contributed by atoms with Gasteiger partial charge in [-0.1, -0.05) is 35.3 Å². The predicted molar refractivity (Wildman–Crippen MR) is 107 cm³/mol. The van der Waals surface area contributed by atoms with Gasteiger partial charge in [0.25, 0.3) is 5.91 Å². The fourth-order valence-corrected chi connectivity index (χ4v) is 3.35. The van der Waals surface area contributed by atoms with Crippen LogP contribution in [0.4, 0.5) is 0 Å². The van der Waals surface area contributed by atoms with E-state index in [1.807, 2.05) is 24.3 Å². The van der Waals surface area contributed by atoms with Crippen LogP contribution in [0, 0.1) is 0 Å². The molecule has 2 aromatic carbocycles. The molecule has 1 aliphatic heterocycles. The number of rotatable bonds is 6. The molecule has 28 heavy (non-hydrogen) atoms. The molecule has 1 fully saturated rings. The molecular formula is C20H20Cl2N2O4. The van der Waals surface area contributed by atoms with Gasteiger partial charge < -0.3 is 14.7 Å². The third-order valence-electron chi connectivity index (χ3n) is 4.57. The summed E-state index contributed by atoms with van der Waals surface area (Å²) in [5.74, 6) is -0.896. The summed E-state index contributed by atoms with van der Waals surface area (Å²) in [5.41, 5.74) is 1.26. The Hall–Kier alpha value is -2.28. The van der Waals surface area contributed by atoms with Crippen molar-refractivity contribution in [2.45, 2.75) is 6.54 Å². The fraction of sp³-hybridized carbons (Fsp3) is 0.300. The van der Waals surface area contributed by atoms with Crippen LogP contribution in [0.2, 0.25) is 10.0 Å². The summed E-state index contributed by atoms with van der Waals surface area (Å²) in [6, 6.07) is 11.9. The molecule has 1 saturated heterocycles. The van der Waals surface area contributed by atoms with Crippen molar-refractivity contribution >= 4 is 35.1 Å². The Morgan fingerprint density at radius 3 is 2.29 bits per heavy atom. The third kappa shape index (κ3) is 5.38. The highest BCUT2D eigenvalue weighted by Crippen LogP contribution is 2.25. The number of hydrogen-bond donors (Lipinski definition) is 1. The number of nitrogens with zero attached hydrogens (tertiary/aromatic N) is 2. The number of aromatic carboxylic acids is 1. The number of hydrogen-bond acceptors (Lipinski definition) is 4. The minimum Gasteiger partial charge on any atom is -0.482 e. The van der Waals surface area contributed by atoms with E-state index in [0.717, 1.165) is 24.7 Å². The van der Waals surface area contributed by atoms with E-state index < -0.39 is 5.97 Å². The second-order valence-electron chi connectivity index (χ2n) is 6.52. The van der Waals surface area contributed by atoms with Crippen molar-refractivity contribution in [3.63, 3.8) is 0 Å². The average molecular weight is 423 g/mol. The standard InChI is InChI=1S/C20H20Cl2N2O4/c21-16-4-1-14(2-5-16)12-23-7-9-24(10-8-23)19(25)13-28-18-6-3-15(20(26)27)11-17(18)22/h1-6,11H,7-10,12-13H2,(H,26,27). The molecule has 0 spiro atoms. The van der Waals surface area contributed by atoms with E-state index in [4.69, 9.17) is 33.0 Å². The first-order valence-corrected chi connectivity index (χ1v) is 9.58. The van der Waals surface area contributed by atoms with Crippen LogP contribution in [0.3, 0.4) is 0 Å². The summed E-state index contributed by atoms with van der Waals surface area (Å²) >= 11 is 11.9. The molecule has 0 aromatic heterocycles. The molecule has 6 nitrogen and oxygen atoms in total. The number of carboxylic acids is 1. The zero-order valence-corrected chi connectivity index (χ0v) is 16.6. The number of amides is 1. The van der Waals surface area contributed by atoms with Gasteiger partial charge in [0.15, 0.2) is 6.61 Å². The quantitative estimate of drug-likeness (QED) is 0.771. The monoisotopic (exact) mass is 422 g/mol. The minimum atomic E-state index is -1.07. The smallest absolute Gasteiger partial charge is 0.335 e. The Bertz CT molecular complexity index is 850. The molecular weight excluding hydrogens is 403 g/mol. The van der Waals surface area contributed by atoms with Crippen LogP contribution in [0.1, 0.15) is 15.9 Å². The maximum atomic E-state index is 12.4. The average Bonchev–Trinajstić information content (AvgIpc) is 2.69. The number of piperazine rings is 1. The van der Waals surface area contributed by atoms with Gasteiger partial charge in [0.05, 0.1) is 10.6 Å². The lowest BCUT2D eigenvalue weighted by Gasteiger charge is -2.34. The molecule has 2 aromatic rings. The van der Waals surface area contributed by atoms with E-state index in [0.29, 0.717) is 18.8 Å². The Balaban J connectivity index is 1.46. The van der Waals surface area contributed by atoms with Crippen LogP contribution < -0.4 is 4.74 Å². The van der Waals surface area contributed by atoms with Crippen LogP contribution in [-0.2, 0) is 11.3 Å². The molecule has 1 N–H and O–H groups in total. The Kier molecular flexibility index (Phi) is 6.78. The van der Waals surface area contributed by atoms with E-state index in [1.54, 1.807) is 4.90 Å². The van der Waals surface area contributed by atoms with Crippen LogP contribution in [-0.4, -0.2) is 59.6 Å². The van der Waals surface area contributed by atoms with E-state index in [2.05, 4.69) is 4.90 Å².